The summed E-state index contributed by atoms with van der Waals surface area (Å²) in [6.45, 7) is 2.16. The van der Waals surface area contributed by atoms with Crippen molar-refractivity contribution >= 4 is 17.1 Å². The maximum absolute atomic E-state index is 13.2. The predicted octanol–water partition coefficient (Wildman–Crippen LogP) is 4.47. The number of nitrogens with zero attached hydrogens (tertiary/aromatic N) is 1. The van der Waals surface area contributed by atoms with Gasteiger partial charge in [0.25, 0.3) is 0 Å². The van der Waals surface area contributed by atoms with Crippen molar-refractivity contribution in [2.24, 2.45) is 0 Å². The number of hydrogen-bond acceptors (Lipinski definition) is 4. The van der Waals surface area contributed by atoms with E-state index in [2.05, 4.69) is 11.9 Å². The van der Waals surface area contributed by atoms with Crippen LogP contribution in [0.4, 0.5) is 4.39 Å². The topological polar surface area (TPSA) is 52.3 Å². The highest BCUT2D eigenvalue weighted by atomic mass is 19.1. The van der Waals surface area contributed by atoms with Crippen molar-refractivity contribution in [3.05, 3.63) is 53.5 Å². The number of halogens is 1. The first-order chi connectivity index (χ1) is 11.5. The van der Waals surface area contributed by atoms with E-state index in [9.17, 15) is 9.18 Å². The molecule has 0 unspecified atom stereocenters. The van der Waals surface area contributed by atoms with Gasteiger partial charge in [-0.15, -0.1) is 0 Å². The number of furan rings is 1. The zero-order chi connectivity index (χ0) is 16.9. The average Bonchev–Trinajstić information content (AvgIpc) is 3.19. The Hall–Kier alpha value is -2.69. The molecule has 0 radical (unpaired) electrons. The van der Waals surface area contributed by atoms with Gasteiger partial charge in [0.1, 0.15) is 11.3 Å². The van der Waals surface area contributed by atoms with Crippen molar-refractivity contribution in [3.63, 3.8) is 0 Å². The number of pyridine rings is 1. The van der Waals surface area contributed by atoms with Gasteiger partial charge in [-0.25, -0.2) is 14.2 Å². The SMILES string of the molecule is COC(=O)c1cc2nc(-c3ccc(F)cc3)cc(C3(C)CC3)c2o1. The lowest BCUT2D eigenvalue weighted by Crippen LogP contribution is -2.02. The Kier molecular flexibility index (Phi) is 3.20. The van der Waals surface area contributed by atoms with Crippen molar-refractivity contribution < 1.29 is 18.3 Å². The zero-order valence-electron chi connectivity index (χ0n) is 13.4. The number of benzene rings is 1. The van der Waals surface area contributed by atoms with Gasteiger partial charge < -0.3 is 9.15 Å². The minimum atomic E-state index is -0.525. The van der Waals surface area contributed by atoms with Crippen LogP contribution in [0.15, 0.2) is 40.8 Å². The zero-order valence-corrected chi connectivity index (χ0v) is 13.4. The average molecular weight is 325 g/mol. The van der Waals surface area contributed by atoms with Gasteiger partial charge in [-0.2, -0.15) is 0 Å². The minimum absolute atomic E-state index is 0.0290. The Balaban J connectivity index is 1.93. The van der Waals surface area contributed by atoms with E-state index < -0.39 is 5.97 Å². The molecule has 24 heavy (non-hydrogen) atoms. The predicted molar refractivity (Wildman–Crippen MR) is 87.3 cm³/mol. The number of rotatable bonds is 3. The van der Waals surface area contributed by atoms with Crippen molar-refractivity contribution in [1.29, 1.82) is 0 Å². The van der Waals surface area contributed by atoms with Crippen molar-refractivity contribution in [2.45, 2.75) is 25.2 Å². The fourth-order valence-corrected chi connectivity index (χ4v) is 2.90. The van der Waals surface area contributed by atoms with Crippen LogP contribution in [-0.4, -0.2) is 18.1 Å². The van der Waals surface area contributed by atoms with Gasteiger partial charge in [0.2, 0.25) is 5.76 Å². The second kappa shape index (κ2) is 5.16. The summed E-state index contributed by atoms with van der Waals surface area (Å²) in [5.74, 6) is -0.671. The molecule has 3 aromatic rings. The molecular weight excluding hydrogens is 309 g/mol. The maximum Gasteiger partial charge on any atom is 0.374 e. The number of esters is 1. The number of ether oxygens (including phenoxy) is 1. The van der Waals surface area contributed by atoms with Crippen LogP contribution in [0.3, 0.4) is 0 Å². The summed E-state index contributed by atoms with van der Waals surface area (Å²) < 4.78 is 23.6. The van der Waals surface area contributed by atoms with Crippen LogP contribution < -0.4 is 0 Å². The fourth-order valence-electron chi connectivity index (χ4n) is 2.90. The third-order valence-electron chi connectivity index (χ3n) is 4.66. The molecular formula is C19H16FNO3. The summed E-state index contributed by atoms with van der Waals surface area (Å²) in [6.07, 6.45) is 2.12. The first-order valence-corrected chi connectivity index (χ1v) is 7.79. The number of aromatic nitrogens is 1. The van der Waals surface area contributed by atoms with E-state index in [4.69, 9.17) is 9.15 Å². The quantitative estimate of drug-likeness (QED) is 0.667. The molecule has 4 rings (SSSR count). The third-order valence-corrected chi connectivity index (χ3v) is 4.66. The number of carbonyl (C=O) groups excluding carboxylic acids is 1. The molecule has 1 saturated carbocycles. The van der Waals surface area contributed by atoms with Crippen LogP contribution in [0, 0.1) is 5.82 Å². The second-order valence-corrected chi connectivity index (χ2v) is 6.44. The van der Waals surface area contributed by atoms with E-state index in [1.165, 1.54) is 19.2 Å². The number of hydrogen-bond donors (Lipinski definition) is 0. The Morgan fingerprint density at radius 2 is 1.96 bits per heavy atom. The molecule has 4 nitrogen and oxygen atoms in total. The molecule has 0 N–H and O–H groups in total. The van der Waals surface area contributed by atoms with Crippen LogP contribution >= 0.6 is 0 Å². The molecule has 122 valence electrons. The summed E-state index contributed by atoms with van der Waals surface area (Å²) in [5, 5.41) is 0. The van der Waals surface area contributed by atoms with Gasteiger partial charge >= 0.3 is 5.97 Å². The molecule has 1 aliphatic carbocycles. The molecule has 0 spiro atoms. The normalized spacial score (nSPS) is 15.5. The molecule has 0 atom stereocenters. The maximum atomic E-state index is 13.2. The van der Waals surface area contributed by atoms with E-state index in [-0.39, 0.29) is 17.0 Å². The van der Waals surface area contributed by atoms with Gasteiger partial charge in [0, 0.05) is 17.2 Å². The lowest BCUT2D eigenvalue weighted by Gasteiger charge is -2.11. The van der Waals surface area contributed by atoms with E-state index in [1.807, 2.05) is 6.07 Å². The summed E-state index contributed by atoms with van der Waals surface area (Å²) in [4.78, 5) is 16.4. The minimum Gasteiger partial charge on any atom is -0.463 e. The molecule has 0 bridgehead atoms. The number of fused-ring (bicyclic) bond motifs is 1. The van der Waals surface area contributed by atoms with Gasteiger partial charge in [0.05, 0.1) is 12.8 Å². The van der Waals surface area contributed by atoms with Gasteiger partial charge in [-0.05, 0) is 48.6 Å². The Bertz CT molecular complexity index is 939. The summed E-state index contributed by atoms with van der Waals surface area (Å²) >= 11 is 0. The highest BCUT2D eigenvalue weighted by Crippen LogP contribution is 2.50. The van der Waals surface area contributed by atoms with E-state index >= 15 is 0 Å². The highest BCUT2D eigenvalue weighted by Gasteiger charge is 2.42. The lowest BCUT2D eigenvalue weighted by atomic mass is 9.96. The van der Waals surface area contributed by atoms with Crippen molar-refractivity contribution in [2.75, 3.05) is 7.11 Å². The molecule has 2 aromatic heterocycles. The Labute approximate surface area is 138 Å². The standard InChI is InChI=1S/C19H16FNO3/c1-19(7-8-19)13-9-14(11-3-5-12(20)6-4-11)21-15-10-16(18(22)23-2)24-17(13)15/h3-6,9-10H,7-8H2,1-2H3. The van der Waals surface area contributed by atoms with Crippen LogP contribution in [-0.2, 0) is 10.2 Å². The van der Waals surface area contributed by atoms with E-state index in [0.29, 0.717) is 11.1 Å². The van der Waals surface area contributed by atoms with Gasteiger partial charge in [0.15, 0.2) is 5.58 Å². The van der Waals surface area contributed by atoms with Gasteiger partial charge in [-0.1, -0.05) is 6.92 Å². The van der Waals surface area contributed by atoms with Gasteiger partial charge in [-0.3, -0.25) is 0 Å². The summed E-state index contributed by atoms with van der Waals surface area (Å²) in [7, 11) is 1.32. The summed E-state index contributed by atoms with van der Waals surface area (Å²) in [5.41, 5.74) is 3.86. The second-order valence-electron chi connectivity index (χ2n) is 6.44. The highest BCUT2D eigenvalue weighted by molar-refractivity contribution is 5.93. The molecule has 0 amide bonds. The Morgan fingerprint density at radius 3 is 2.58 bits per heavy atom. The molecule has 2 heterocycles. The molecule has 5 heteroatoms. The first-order valence-electron chi connectivity index (χ1n) is 7.79. The summed E-state index contributed by atoms with van der Waals surface area (Å²) in [6, 6.07) is 9.80. The van der Waals surface area contributed by atoms with Crippen molar-refractivity contribution in [1.82, 2.24) is 4.98 Å². The molecule has 1 aromatic carbocycles. The number of carbonyl (C=O) groups is 1. The van der Waals surface area contributed by atoms with Crippen LogP contribution in [0.25, 0.3) is 22.4 Å². The van der Waals surface area contributed by atoms with E-state index in [0.717, 1.165) is 29.7 Å². The molecule has 1 aliphatic rings. The first kappa shape index (κ1) is 14.9. The van der Waals surface area contributed by atoms with Crippen LogP contribution in [0.2, 0.25) is 0 Å². The van der Waals surface area contributed by atoms with Crippen molar-refractivity contribution in [3.8, 4) is 11.3 Å². The third kappa shape index (κ3) is 2.37. The molecule has 0 saturated heterocycles. The monoisotopic (exact) mass is 325 g/mol. The molecule has 0 aliphatic heterocycles. The smallest absolute Gasteiger partial charge is 0.374 e. The van der Waals surface area contributed by atoms with Crippen LogP contribution in [0.1, 0.15) is 35.9 Å². The fraction of sp³-hybridized carbons (Fsp3) is 0.263. The van der Waals surface area contributed by atoms with Crippen LogP contribution in [0.5, 0.6) is 0 Å². The van der Waals surface area contributed by atoms with E-state index in [1.54, 1.807) is 18.2 Å². The largest absolute Gasteiger partial charge is 0.463 e. The Morgan fingerprint density at radius 1 is 1.25 bits per heavy atom. The lowest BCUT2D eigenvalue weighted by molar-refractivity contribution is 0.0567. The molecule has 1 fully saturated rings. The number of methoxy groups -OCH3 is 1.